The summed E-state index contributed by atoms with van der Waals surface area (Å²) in [5.74, 6) is 1.51. The molecular formula is C16H24ClN3O. The van der Waals surface area contributed by atoms with E-state index in [0.29, 0.717) is 6.04 Å². The van der Waals surface area contributed by atoms with Crippen LogP contribution in [0.5, 0.6) is 0 Å². The van der Waals surface area contributed by atoms with Gasteiger partial charge in [-0.1, -0.05) is 36.3 Å². The van der Waals surface area contributed by atoms with Crippen molar-refractivity contribution in [2.24, 2.45) is 0 Å². The molecule has 0 aliphatic carbocycles. The van der Waals surface area contributed by atoms with E-state index in [0.717, 1.165) is 37.4 Å². The van der Waals surface area contributed by atoms with Crippen molar-refractivity contribution >= 4 is 12.4 Å². The van der Waals surface area contributed by atoms with Gasteiger partial charge in [0.15, 0.2) is 5.82 Å². The summed E-state index contributed by atoms with van der Waals surface area (Å²) in [5.41, 5.74) is 2.68. The molecule has 0 bridgehead atoms. The Kier molecular flexibility index (Phi) is 7.40. The number of nitrogens with zero attached hydrogens (tertiary/aromatic N) is 2. The first kappa shape index (κ1) is 17.7. The van der Waals surface area contributed by atoms with Crippen molar-refractivity contribution in [3.05, 3.63) is 47.1 Å². The number of halogens is 1. The van der Waals surface area contributed by atoms with Gasteiger partial charge in [0.25, 0.3) is 0 Å². The van der Waals surface area contributed by atoms with E-state index in [2.05, 4.69) is 53.6 Å². The quantitative estimate of drug-likeness (QED) is 0.854. The number of hydrogen-bond donors (Lipinski definition) is 1. The summed E-state index contributed by atoms with van der Waals surface area (Å²) < 4.78 is 5.29. The summed E-state index contributed by atoms with van der Waals surface area (Å²) in [6.07, 6.45) is 3.61. The van der Waals surface area contributed by atoms with Crippen LogP contribution in [-0.2, 0) is 25.7 Å². The Morgan fingerprint density at radius 1 is 1.14 bits per heavy atom. The minimum Gasteiger partial charge on any atom is -0.339 e. The molecule has 0 aliphatic heterocycles. The Hall–Kier alpha value is -1.39. The van der Waals surface area contributed by atoms with Gasteiger partial charge in [-0.05, 0) is 37.9 Å². The highest BCUT2D eigenvalue weighted by atomic mass is 35.5. The Balaban J connectivity index is 0.00000220. The van der Waals surface area contributed by atoms with Crippen LogP contribution < -0.4 is 5.32 Å². The Bertz CT molecular complexity index is 525. The standard InChI is InChI=1S/C16H23N3O.ClH/c1-4-13-5-7-14(8-6-13)9-10-16-18-15(19-20-16)11-12(2)17-3;/h5-8,12,17H,4,9-11H2,1-3H3;1H. The summed E-state index contributed by atoms with van der Waals surface area (Å²) in [4.78, 5) is 4.43. The molecule has 1 N–H and O–H groups in total. The highest BCUT2D eigenvalue weighted by molar-refractivity contribution is 5.85. The molecule has 0 aliphatic rings. The van der Waals surface area contributed by atoms with Crippen molar-refractivity contribution in [1.82, 2.24) is 15.5 Å². The number of rotatable bonds is 7. The molecule has 0 saturated heterocycles. The van der Waals surface area contributed by atoms with Crippen molar-refractivity contribution in [1.29, 1.82) is 0 Å². The van der Waals surface area contributed by atoms with E-state index in [1.54, 1.807) is 0 Å². The first-order valence-corrected chi connectivity index (χ1v) is 7.27. The summed E-state index contributed by atoms with van der Waals surface area (Å²) in [7, 11) is 1.94. The molecule has 116 valence electrons. The van der Waals surface area contributed by atoms with Gasteiger partial charge in [-0.2, -0.15) is 4.98 Å². The lowest BCUT2D eigenvalue weighted by Crippen LogP contribution is -2.24. The molecule has 4 nitrogen and oxygen atoms in total. The van der Waals surface area contributed by atoms with Gasteiger partial charge in [0, 0.05) is 18.9 Å². The van der Waals surface area contributed by atoms with Gasteiger partial charge in [0.2, 0.25) is 5.89 Å². The number of benzene rings is 1. The van der Waals surface area contributed by atoms with Gasteiger partial charge in [0.1, 0.15) is 0 Å². The molecule has 1 aromatic heterocycles. The molecule has 0 radical (unpaired) electrons. The van der Waals surface area contributed by atoms with Crippen LogP contribution in [0.4, 0.5) is 0 Å². The van der Waals surface area contributed by atoms with Crippen LogP contribution in [-0.4, -0.2) is 23.2 Å². The maximum atomic E-state index is 5.29. The van der Waals surface area contributed by atoms with Gasteiger partial charge in [-0.3, -0.25) is 0 Å². The second-order valence-electron chi connectivity index (χ2n) is 5.17. The SMILES string of the molecule is CCc1ccc(CCc2nc(CC(C)NC)no2)cc1.Cl. The van der Waals surface area contributed by atoms with E-state index in [-0.39, 0.29) is 12.4 Å². The fourth-order valence-electron chi connectivity index (χ4n) is 2.04. The zero-order chi connectivity index (χ0) is 14.4. The predicted molar refractivity (Wildman–Crippen MR) is 87.0 cm³/mol. The molecule has 21 heavy (non-hydrogen) atoms. The topological polar surface area (TPSA) is 51.0 Å². The number of hydrogen-bond acceptors (Lipinski definition) is 4. The first-order chi connectivity index (χ1) is 9.71. The van der Waals surface area contributed by atoms with E-state index in [9.17, 15) is 0 Å². The first-order valence-electron chi connectivity index (χ1n) is 7.27. The van der Waals surface area contributed by atoms with Gasteiger partial charge in [0.05, 0.1) is 0 Å². The summed E-state index contributed by atoms with van der Waals surface area (Å²) in [5, 5.41) is 7.19. The summed E-state index contributed by atoms with van der Waals surface area (Å²) in [6.45, 7) is 4.27. The van der Waals surface area contributed by atoms with Gasteiger partial charge in [-0.15, -0.1) is 12.4 Å². The zero-order valence-corrected chi connectivity index (χ0v) is 13.7. The lowest BCUT2D eigenvalue weighted by atomic mass is 10.1. The van der Waals surface area contributed by atoms with Crippen LogP contribution in [0.1, 0.15) is 36.7 Å². The summed E-state index contributed by atoms with van der Waals surface area (Å²) >= 11 is 0. The number of nitrogens with one attached hydrogen (secondary N) is 1. The monoisotopic (exact) mass is 309 g/mol. The zero-order valence-electron chi connectivity index (χ0n) is 12.9. The largest absolute Gasteiger partial charge is 0.339 e. The second-order valence-corrected chi connectivity index (χ2v) is 5.17. The number of likely N-dealkylation sites (N-methyl/N-ethyl adjacent to an activating group) is 1. The Labute approximate surface area is 132 Å². The molecule has 0 fully saturated rings. The maximum absolute atomic E-state index is 5.29. The fraction of sp³-hybridized carbons (Fsp3) is 0.500. The highest BCUT2D eigenvalue weighted by Gasteiger charge is 2.09. The van der Waals surface area contributed by atoms with Crippen molar-refractivity contribution in [3.8, 4) is 0 Å². The molecule has 1 atom stereocenters. The molecule has 1 unspecified atom stereocenters. The van der Waals surface area contributed by atoms with Crippen LogP contribution in [0.3, 0.4) is 0 Å². The fourth-order valence-corrected chi connectivity index (χ4v) is 2.04. The average molecular weight is 310 g/mol. The number of aromatic nitrogens is 2. The van der Waals surface area contributed by atoms with Gasteiger partial charge in [-0.25, -0.2) is 0 Å². The third kappa shape index (κ3) is 5.48. The van der Waals surface area contributed by atoms with Gasteiger partial charge >= 0.3 is 0 Å². The predicted octanol–water partition coefficient (Wildman–Crippen LogP) is 2.99. The van der Waals surface area contributed by atoms with E-state index in [4.69, 9.17) is 4.52 Å². The minimum atomic E-state index is 0. The highest BCUT2D eigenvalue weighted by Crippen LogP contribution is 2.09. The normalized spacial score (nSPS) is 12.0. The molecule has 2 rings (SSSR count). The van der Waals surface area contributed by atoms with Crippen LogP contribution in [0.25, 0.3) is 0 Å². The van der Waals surface area contributed by atoms with E-state index >= 15 is 0 Å². The third-order valence-corrected chi connectivity index (χ3v) is 3.55. The number of aryl methyl sites for hydroxylation is 3. The van der Waals surface area contributed by atoms with Crippen LogP contribution in [0.2, 0.25) is 0 Å². The van der Waals surface area contributed by atoms with Crippen molar-refractivity contribution < 1.29 is 4.52 Å². The Morgan fingerprint density at radius 3 is 2.43 bits per heavy atom. The average Bonchev–Trinajstić information content (AvgIpc) is 2.93. The van der Waals surface area contributed by atoms with Crippen molar-refractivity contribution in [2.75, 3.05) is 7.05 Å². The smallest absolute Gasteiger partial charge is 0.226 e. The van der Waals surface area contributed by atoms with E-state index < -0.39 is 0 Å². The molecule has 0 saturated carbocycles. The minimum absolute atomic E-state index is 0. The Morgan fingerprint density at radius 2 is 1.81 bits per heavy atom. The molecule has 0 amide bonds. The van der Waals surface area contributed by atoms with E-state index in [1.165, 1.54) is 11.1 Å². The van der Waals surface area contributed by atoms with Crippen LogP contribution in [0, 0.1) is 0 Å². The second kappa shape index (κ2) is 8.80. The summed E-state index contributed by atoms with van der Waals surface area (Å²) in [6, 6.07) is 9.09. The van der Waals surface area contributed by atoms with Crippen molar-refractivity contribution in [2.45, 2.75) is 45.6 Å². The maximum Gasteiger partial charge on any atom is 0.226 e. The van der Waals surface area contributed by atoms with Gasteiger partial charge < -0.3 is 9.84 Å². The van der Waals surface area contributed by atoms with Crippen LogP contribution >= 0.6 is 12.4 Å². The molecule has 0 spiro atoms. The lowest BCUT2D eigenvalue weighted by molar-refractivity contribution is 0.371. The molecule has 1 aromatic carbocycles. The molecule has 1 heterocycles. The van der Waals surface area contributed by atoms with Crippen molar-refractivity contribution in [3.63, 3.8) is 0 Å². The van der Waals surface area contributed by atoms with E-state index in [1.807, 2.05) is 7.05 Å². The lowest BCUT2D eigenvalue weighted by Gasteiger charge is -2.04. The third-order valence-electron chi connectivity index (χ3n) is 3.55. The molecule has 2 aromatic rings. The molecule has 5 heteroatoms. The van der Waals surface area contributed by atoms with Crippen LogP contribution in [0.15, 0.2) is 28.8 Å². The molecular weight excluding hydrogens is 286 g/mol.